The predicted octanol–water partition coefficient (Wildman–Crippen LogP) is -0.667. The third-order valence-corrected chi connectivity index (χ3v) is 2.44. The van der Waals surface area contributed by atoms with Crippen molar-refractivity contribution in [3.05, 3.63) is 12.2 Å². The molecule has 1 unspecified atom stereocenters. The largest absolute Gasteiger partial charge is 0.369 e. The summed E-state index contributed by atoms with van der Waals surface area (Å²) in [5.74, 6) is -1.35. The number of carbonyl (C=O) groups excluding carboxylic acids is 3. The summed E-state index contributed by atoms with van der Waals surface area (Å²) in [7, 11) is 0. The van der Waals surface area contributed by atoms with Gasteiger partial charge in [-0.3, -0.25) is 19.3 Å². The van der Waals surface area contributed by atoms with Gasteiger partial charge in [0.1, 0.15) is 0 Å². The summed E-state index contributed by atoms with van der Waals surface area (Å²) in [5, 5.41) is 0. The summed E-state index contributed by atoms with van der Waals surface area (Å²) in [5.41, 5.74) is 5.15. The number of primary amides is 1. The maximum Gasteiger partial charge on any atom is 0.253 e. The molecule has 1 aliphatic rings. The van der Waals surface area contributed by atoms with Crippen LogP contribution in [0, 0.1) is 5.92 Å². The fourth-order valence-electron chi connectivity index (χ4n) is 1.31. The van der Waals surface area contributed by atoms with Crippen LogP contribution in [0.25, 0.3) is 0 Å². The molecule has 1 atom stereocenters. The Morgan fingerprint density at radius 2 is 1.93 bits per heavy atom. The topological polar surface area (TPSA) is 80.5 Å². The molecule has 1 rings (SSSR count). The van der Waals surface area contributed by atoms with E-state index in [9.17, 15) is 14.4 Å². The molecular weight excluding hydrogens is 216 g/mol. The summed E-state index contributed by atoms with van der Waals surface area (Å²) in [6.45, 7) is 0.0422. The number of nitrogens with two attached hydrogens (primary N) is 1. The van der Waals surface area contributed by atoms with Gasteiger partial charge in [0.15, 0.2) is 0 Å². The highest BCUT2D eigenvalue weighted by Crippen LogP contribution is 2.11. The standard InChI is InChI=1S/C9H12N2O3S/c10-9(14)6(3-4-15)5-11-7(12)1-2-8(11)13/h1-2,6,15H,3-5H2,(H2,10,14). The van der Waals surface area contributed by atoms with Crippen LogP contribution in [-0.4, -0.2) is 34.9 Å². The highest BCUT2D eigenvalue weighted by atomic mass is 32.1. The average Bonchev–Trinajstić information content (AvgIpc) is 2.48. The SMILES string of the molecule is NC(=O)C(CCS)CN1C(=O)C=CC1=O. The second-order valence-electron chi connectivity index (χ2n) is 3.23. The summed E-state index contributed by atoms with van der Waals surface area (Å²) < 4.78 is 0. The first-order valence-corrected chi connectivity index (χ1v) is 5.13. The Kier molecular flexibility index (Phi) is 3.90. The first kappa shape index (κ1) is 11.8. The minimum atomic E-state index is -0.518. The molecule has 0 aromatic heterocycles. The van der Waals surface area contributed by atoms with E-state index < -0.39 is 23.6 Å². The molecule has 1 heterocycles. The van der Waals surface area contributed by atoms with Crippen LogP contribution in [0.15, 0.2) is 12.2 Å². The number of imide groups is 1. The molecule has 0 radical (unpaired) electrons. The van der Waals surface area contributed by atoms with E-state index in [1.807, 2.05) is 0 Å². The number of hydrogen-bond acceptors (Lipinski definition) is 4. The number of nitrogens with zero attached hydrogens (tertiary/aromatic N) is 1. The Morgan fingerprint density at radius 3 is 2.33 bits per heavy atom. The van der Waals surface area contributed by atoms with Crippen LogP contribution in [-0.2, 0) is 14.4 Å². The quantitative estimate of drug-likeness (QED) is 0.484. The number of amides is 3. The van der Waals surface area contributed by atoms with Gasteiger partial charge in [-0.05, 0) is 12.2 Å². The third kappa shape index (κ3) is 2.82. The fourth-order valence-corrected chi connectivity index (χ4v) is 1.62. The molecule has 0 aliphatic carbocycles. The van der Waals surface area contributed by atoms with Gasteiger partial charge >= 0.3 is 0 Å². The van der Waals surface area contributed by atoms with Crippen LogP contribution in [0.2, 0.25) is 0 Å². The molecular formula is C9H12N2O3S. The number of thiol groups is 1. The van der Waals surface area contributed by atoms with Gasteiger partial charge in [0.2, 0.25) is 5.91 Å². The molecule has 0 aromatic carbocycles. The third-order valence-electron chi connectivity index (χ3n) is 2.18. The van der Waals surface area contributed by atoms with Crippen LogP contribution >= 0.6 is 12.6 Å². The molecule has 2 N–H and O–H groups in total. The Hall–Kier alpha value is -1.30. The summed E-state index contributed by atoms with van der Waals surface area (Å²) in [6, 6.07) is 0. The zero-order chi connectivity index (χ0) is 11.4. The molecule has 3 amide bonds. The van der Waals surface area contributed by atoms with Gasteiger partial charge < -0.3 is 5.73 Å². The van der Waals surface area contributed by atoms with E-state index in [-0.39, 0.29) is 6.54 Å². The van der Waals surface area contributed by atoms with Crippen molar-refractivity contribution < 1.29 is 14.4 Å². The number of rotatable bonds is 5. The lowest BCUT2D eigenvalue weighted by molar-refractivity contribution is -0.138. The Balaban J connectivity index is 2.62. The summed E-state index contributed by atoms with van der Waals surface area (Å²) >= 11 is 3.98. The van der Waals surface area contributed by atoms with Crippen molar-refractivity contribution in [2.24, 2.45) is 11.7 Å². The van der Waals surface area contributed by atoms with Gasteiger partial charge in [-0.1, -0.05) is 0 Å². The van der Waals surface area contributed by atoms with Crippen molar-refractivity contribution in [2.75, 3.05) is 12.3 Å². The van der Waals surface area contributed by atoms with E-state index in [2.05, 4.69) is 12.6 Å². The lowest BCUT2D eigenvalue weighted by atomic mass is 10.1. The second kappa shape index (κ2) is 4.97. The van der Waals surface area contributed by atoms with E-state index in [4.69, 9.17) is 5.73 Å². The fraction of sp³-hybridized carbons (Fsp3) is 0.444. The zero-order valence-electron chi connectivity index (χ0n) is 8.05. The van der Waals surface area contributed by atoms with E-state index in [0.717, 1.165) is 4.90 Å². The lowest BCUT2D eigenvalue weighted by Crippen LogP contribution is -2.39. The molecule has 82 valence electrons. The number of hydrogen-bond donors (Lipinski definition) is 2. The maximum absolute atomic E-state index is 11.2. The molecule has 6 heteroatoms. The molecule has 0 saturated heterocycles. The Morgan fingerprint density at radius 1 is 1.40 bits per heavy atom. The van der Waals surface area contributed by atoms with Crippen molar-refractivity contribution in [3.63, 3.8) is 0 Å². The van der Waals surface area contributed by atoms with Gasteiger partial charge in [0.25, 0.3) is 11.8 Å². The van der Waals surface area contributed by atoms with Crippen LogP contribution in [0.3, 0.4) is 0 Å². The van der Waals surface area contributed by atoms with Crippen molar-refractivity contribution in [2.45, 2.75) is 6.42 Å². The highest BCUT2D eigenvalue weighted by Gasteiger charge is 2.28. The molecule has 0 bridgehead atoms. The van der Waals surface area contributed by atoms with Gasteiger partial charge in [0.05, 0.1) is 5.92 Å². The maximum atomic E-state index is 11.2. The van der Waals surface area contributed by atoms with Crippen molar-refractivity contribution in [1.82, 2.24) is 4.90 Å². The minimum Gasteiger partial charge on any atom is -0.369 e. The van der Waals surface area contributed by atoms with Gasteiger partial charge in [-0.25, -0.2) is 0 Å². The molecule has 0 fully saturated rings. The van der Waals surface area contributed by atoms with Crippen molar-refractivity contribution >= 4 is 30.4 Å². The van der Waals surface area contributed by atoms with Crippen LogP contribution < -0.4 is 5.73 Å². The molecule has 0 saturated carbocycles. The van der Waals surface area contributed by atoms with Crippen LogP contribution in [0.1, 0.15) is 6.42 Å². The van der Waals surface area contributed by atoms with Crippen molar-refractivity contribution in [3.8, 4) is 0 Å². The van der Waals surface area contributed by atoms with E-state index in [1.165, 1.54) is 12.2 Å². The summed E-state index contributed by atoms with van der Waals surface area (Å²) in [6.07, 6.45) is 2.82. The molecule has 1 aliphatic heterocycles. The smallest absolute Gasteiger partial charge is 0.253 e. The van der Waals surface area contributed by atoms with Crippen LogP contribution in [0.4, 0.5) is 0 Å². The molecule has 0 spiro atoms. The van der Waals surface area contributed by atoms with E-state index >= 15 is 0 Å². The van der Waals surface area contributed by atoms with Gasteiger partial charge in [-0.15, -0.1) is 0 Å². The zero-order valence-corrected chi connectivity index (χ0v) is 8.94. The first-order valence-electron chi connectivity index (χ1n) is 4.50. The monoisotopic (exact) mass is 228 g/mol. The van der Waals surface area contributed by atoms with Gasteiger partial charge in [-0.2, -0.15) is 12.6 Å². The van der Waals surface area contributed by atoms with E-state index in [1.54, 1.807) is 0 Å². The predicted molar refractivity (Wildman–Crippen MR) is 57.0 cm³/mol. The van der Waals surface area contributed by atoms with Gasteiger partial charge in [0, 0.05) is 18.7 Å². The minimum absolute atomic E-state index is 0.0422. The number of carbonyl (C=O) groups is 3. The Labute approximate surface area is 92.7 Å². The summed E-state index contributed by atoms with van der Waals surface area (Å²) in [4.78, 5) is 34.4. The average molecular weight is 228 g/mol. The highest BCUT2D eigenvalue weighted by molar-refractivity contribution is 7.80. The molecule has 5 nitrogen and oxygen atoms in total. The normalized spacial score (nSPS) is 17.3. The second-order valence-corrected chi connectivity index (χ2v) is 3.68. The molecule has 0 aromatic rings. The first-order chi connectivity index (χ1) is 7.06. The van der Waals surface area contributed by atoms with Crippen molar-refractivity contribution in [1.29, 1.82) is 0 Å². The lowest BCUT2D eigenvalue weighted by Gasteiger charge is -2.19. The molecule has 15 heavy (non-hydrogen) atoms. The van der Waals surface area contributed by atoms with E-state index in [0.29, 0.717) is 12.2 Å². The Bertz CT molecular complexity index is 309. The van der Waals surface area contributed by atoms with Crippen LogP contribution in [0.5, 0.6) is 0 Å².